The molecule has 0 saturated carbocycles. The molecule has 4 nitrogen and oxygen atoms in total. The Labute approximate surface area is 109 Å². The van der Waals surface area contributed by atoms with Crippen LogP contribution >= 0.6 is 0 Å². The minimum absolute atomic E-state index is 0.387. The Morgan fingerprint density at radius 2 is 1.74 bits per heavy atom. The van der Waals surface area contributed by atoms with Crippen molar-refractivity contribution >= 4 is 10.0 Å². The molecule has 0 aromatic heterocycles. The Hall–Kier alpha value is -1.12. The Bertz CT molecular complexity index is 547. The van der Waals surface area contributed by atoms with E-state index in [1.807, 2.05) is 4.72 Å². The van der Waals surface area contributed by atoms with Crippen LogP contribution in [0.25, 0.3) is 0 Å². The van der Waals surface area contributed by atoms with E-state index in [2.05, 4.69) is 0 Å². The summed E-state index contributed by atoms with van der Waals surface area (Å²) in [5.74, 6) is 0. The van der Waals surface area contributed by atoms with Gasteiger partial charge >= 0.3 is 6.18 Å². The van der Waals surface area contributed by atoms with E-state index in [-0.39, 0.29) is 6.54 Å². The zero-order chi connectivity index (χ0) is 14.9. The lowest BCUT2D eigenvalue weighted by atomic mass is 10.1. The number of nitrogens with one attached hydrogen (secondary N) is 1. The van der Waals surface area contributed by atoms with E-state index >= 15 is 0 Å². The summed E-state index contributed by atoms with van der Waals surface area (Å²) in [5, 5.41) is 9.41. The number of hydrogen-bond acceptors (Lipinski definition) is 3. The van der Waals surface area contributed by atoms with Crippen molar-refractivity contribution < 1.29 is 26.7 Å². The third-order valence-electron chi connectivity index (χ3n) is 2.18. The van der Waals surface area contributed by atoms with Crippen LogP contribution in [0.1, 0.15) is 19.4 Å². The van der Waals surface area contributed by atoms with Crippen molar-refractivity contribution in [3.8, 4) is 0 Å². The molecule has 1 aromatic carbocycles. The summed E-state index contributed by atoms with van der Waals surface area (Å²) in [7, 11) is -4.34. The quantitative estimate of drug-likeness (QED) is 0.890. The first-order valence-corrected chi connectivity index (χ1v) is 6.80. The fourth-order valence-corrected chi connectivity index (χ4v) is 2.71. The highest BCUT2D eigenvalue weighted by Crippen LogP contribution is 2.33. The van der Waals surface area contributed by atoms with Gasteiger partial charge in [-0.3, -0.25) is 0 Å². The van der Waals surface area contributed by atoms with Crippen LogP contribution in [0, 0.1) is 0 Å². The van der Waals surface area contributed by atoms with Gasteiger partial charge in [-0.2, -0.15) is 13.2 Å². The Balaban J connectivity index is 3.16. The molecule has 0 saturated heterocycles. The van der Waals surface area contributed by atoms with Gasteiger partial charge in [-0.25, -0.2) is 13.1 Å². The van der Waals surface area contributed by atoms with Gasteiger partial charge in [-0.05, 0) is 26.0 Å². The van der Waals surface area contributed by atoms with Crippen molar-refractivity contribution in [1.29, 1.82) is 0 Å². The fourth-order valence-electron chi connectivity index (χ4n) is 1.28. The lowest BCUT2D eigenvalue weighted by molar-refractivity contribution is -0.139. The molecule has 0 bridgehead atoms. The zero-order valence-electron chi connectivity index (χ0n) is 10.3. The molecule has 0 radical (unpaired) electrons. The number of aliphatic hydroxyl groups is 1. The van der Waals surface area contributed by atoms with Crippen molar-refractivity contribution in [2.45, 2.75) is 30.5 Å². The molecule has 19 heavy (non-hydrogen) atoms. The largest absolute Gasteiger partial charge is 0.417 e. The molecule has 0 unspecified atom stereocenters. The van der Waals surface area contributed by atoms with Crippen molar-refractivity contribution in [3.05, 3.63) is 29.8 Å². The van der Waals surface area contributed by atoms with Gasteiger partial charge in [-0.1, -0.05) is 12.1 Å². The average Bonchev–Trinajstić information content (AvgIpc) is 2.25. The van der Waals surface area contributed by atoms with Gasteiger partial charge in [-0.15, -0.1) is 0 Å². The number of rotatable bonds is 4. The summed E-state index contributed by atoms with van der Waals surface area (Å²) in [5.41, 5.74) is -2.60. The molecule has 8 heteroatoms. The van der Waals surface area contributed by atoms with Gasteiger partial charge in [0.05, 0.1) is 16.1 Å². The van der Waals surface area contributed by atoms with E-state index < -0.39 is 32.3 Å². The maximum absolute atomic E-state index is 12.7. The van der Waals surface area contributed by atoms with Crippen LogP contribution < -0.4 is 4.72 Å². The maximum Gasteiger partial charge on any atom is 0.417 e. The Kier molecular flexibility index (Phi) is 4.28. The molecule has 0 amide bonds. The molecule has 108 valence electrons. The van der Waals surface area contributed by atoms with E-state index in [9.17, 15) is 26.7 Å². The Morgan fingerprint density at radius 1 is 1.21 bits per heavy atom. The summed E-state index contributed by atoms with van der Waals surface area (Å²) in [6.45, 7) is 2.29. The van der Waals surface area contributed by atoms with E-state index in [0.29, 0.717) is 6.07 Å². The minimum atomic E-state index is -4.76. The maximum atomic E-state index is 12.7. The van der Waals surface area contributed by atoms with Gasteiger partial charge < -0.3 is 5.11 Å². The van der Waals surface area contributed by atoms with Crippen molar-refractivity contribution in [1.82, 2.24) is 4.72 Å². The van der Waals surface area contributed by atoms with Crippen LogP contribution in [0.5, 0.6) is 0 Å². The molecule has 0 aliphatic heterocycles. The molecule has 0 heterocycles. The molecule has 0 atom stereocenters. The highest BCUT2D eigenvalue weighted by molar-refractivity contribution is 7.89. The van der Waals surface area contributed by atoms with E-state index in [4.69, 9.17) is 0 Å². The van der Waals surface area contributed by atoms with Gasteiger partial charge in [0.15, 0.2) is 0 Å². The number of sulfonamides is 1. The number of halogens is 3. The van der Waals surface area contributed by atoms with Crippen LogP contribution in [-0.2, 0) is 16.2 Å². The predicted octanol–water partition coefficient (Wildman–Crippen LogP) is 1.75. The first-order valence-electron chi connectivity index (χ1n) is 5.32. The lowest BCUT2D eigenvalue weighted by Gasteiger charge is -2.19. The van der Waals surface area contributed by atoms with Crippen LogP contribution in [0.3, 0.4) is 0 Å². The van der Waals surface area contributed by atoms with Gasteiger partial charge in [0, 0.05) is 6.54 Å². The van der Waals surface area contributed by atoms with Crippen LogP contribution in [0.4, 0.5) is 13.2 Å². The minimum Gasteiger partial charge on any atom is -0.389 e. The molecule has 0 fully saturated rings. The normalized spacial score (nSPS) is 13.6. The predicted molar refractivity (Wildman–Crippen MR) is 62.9 cm³/mol. The molecule has 1 rings (SSSR count). The van der Waals surface area contributed by atoms with Crippen LogP contribution in [0.15, 0.2) is 29.2 Å². The topological polar surface area (TPSA) is 66.4 Å². The fraction of sp³-hybridized carbons (Fsp3) is 0.455. The molecule has 0 spiro atoms. The summed E-state index contributed by atoms with van der Waals surface area (Å²) in [6.07, 6.45) is -4.76. The molecule has 1 aromatic rings. The van der Waals surface area contributed by atoms with E-state index in [1.165, 1.54) is 19.9 Å². The monoisotopic (exact) mass is 297 g/mol. The van der Waals surface area contributed by atoms with Crippen molar-refractivity contribution in [2.24, 2.45) is 0 Å². The number of alkyl halides is 3. The highest BCUT2D eigenvalue weighted by atomic mass is 32.2. The van der Waals surface area contributed by atoms with Crippen LogP contribution in [0.2, 0.25) is 0 Å². The summed E-state index contributed by atoms with van der Waals surface area (Å²) in [4.78, 5) is -0.855. The summed E-state index contributed by atoms with van der Waals surface area (Å²) >= 11 is 0. The van der Waals surface area contributed by atoms with Crippen molar-refractivity contribution in [2.75, 3.05) is 6.54 Å². The van der Waals surface area contributed by atoms with Crippen molar-refractivity contribution in [3.63, 3.8) is 0 Å². The van der Waals surface area contributed by atoms with Gasteiger partial charge in [0.25, 0.3) is 0 Å². The lowest BCUT2D eigenvalue weighted by Crippen LogP contribution is -2.38. The Morgan fingerprint density at radius 3 is 2.21 bits per heavy atom. The molecule has 0 aliphatic carbocycles. The second-order valence-electron chi connectivity index (χ2n) is 4.63. The number of hydrogen-bond donors (Lipinski definition) is 2. The summed E-state index contributed by atoms with van der Waals surface area (Å²) in [6, 6.07) is 3.87. The van der Waals surface area contributed by atoms with Gasteiger partial charge in [0.2, 0.25) is 10.0 Å². The second-order valence-corrected chi connectivity index (χ2v) is 6.37. The van der Waals surface area contributed by atoms with E-state index in [1.54, 1.807) is 0 Å². The molecule has 0 aliphatic rings. The average molecular weight is 297 g/mol. The first-order chi connectivity index (χ1) is 8.43. The standard InChI is InChI=1S/C11H14F3NO3S/c1-10(2,16)7-15-19(17,18)9-6-4-3-5-8(9)11(12,13)14/h3-6,15-16H,7H2,1-2H3. The zero-order valence-corrected chi connectivity index (χ0v) is 11.1. The van der Waals surface area contributed by atoms with Gasteiger partial charge in [0.1, 0.15) is 0 Å². The SMILES string of the molecule is CC(C)(O)CNS(=O)(=O)c1ccccc1C(F)(F)F. The van der Waals surface area contributed by atoms with Crippen LogP contribution in [-0.4, -0.2) is 25.7 Å². The number of benzene rings is 1. The second kappa shape index (κ2) is 5.10. The van der Waals surface area contributed by atoms with E-state index in [0.717, 1.165) is 12.1 Å². The highest BCUT2D eigenvalue weighted by Gasteiger charge is 2.37. The smallest absolute Gasteiger partial charge is 0.389 e. The summed E-state index contributed by atoms with van der Waals surface area (Å²) < 4.78 is 63.7. The first kappa shape index (κ1) is 15.9. The third-order valence-corrected chi connectivity index (χ3v) is 3.64. The molecular formula is C11H14F3NO3S. The third kappa shape index (κ3) is 4.48. The molecular weight excluding hydrogens is 283 g/mol. The molecule has 2 N–H and O–H groups in total.